The Morgan fingerprint density at radius 3 is 2.79 bits per heavy atom. The summed E-state index contributed by atoms with van der Waals surface area (Å²) >= 11 is 2.53. The first-order valence-corrected chi connectivity index (χ1v) is 13.2. The standard InChI is InChI=1S/C21H18N6O3S3/c1-2-16(32-21-26-25-18-10-7-12-5-3-4-6-15(12)27(18)21)19(28)24-20-23-14-9-8-13(33(22,29)30)11-17(14)31-20/h3-11,16H,2H2,1H3,(H2,22,29,30)(H,23,24,28). The Morgan fingerprint density at radius 2 is 2.00 bits per heavy atom. The van der Waals surface area contributed by atoms with Crippen LogP contribution >= 0.6 is 23.1 Å². The van der Waals surface area contributed by atoms with Crippen LogP contribution < -0.4 is 10.5 Å². The molecule has 12 heteroatoms. The minimum atomic E-state index is -3.82. The Hall–Kier alpha value is -3.06. The van der Waals surface area contributed by atoms with Crippen molar-refractivity contribution in [2.24, 2.45) is 5.14 Å². The number of sulfonamides is 1. The first-order chi connectivity index (χ1) is 15.8. The van der Waals surface area contributed by atoms with Crippen LogP contribution in [0.25, 0.3) is 26.8 Å². The van der Waals surface area contributed by atoms with Gasteiger partial charge in [0.25, 0.3) is 0 Å². The lowest BCUT2D eigenvalue weighted by molar-refractivity contribution is -0.115. The summed E-state index contributed by atoms with van der Waals surface area (Å²) < 4.78 is 25.7. The fraction of sp³-hybridized carbons (Fsp3) is 0.143. The van der Waals surface area contributed by atoms with Crippen LogP contribution in [0.15, 0.2) is 64.6 Å². The molecule has 5 aromatic rings. The van der Waals surface area contributed by atoms with Crippen LogP contribution in [0, 0.1) is 0 Å². The van der Waals surface area contributed by atoms with Gasteiger partial charge >= 0.3 is 0 Å². The average Bonchev–Trinajstić information content (AvgIpc) is 3.39. The topological polar surface area (TPSA) is 132 Å². The van der Waals surface area contributed by atoms with Crippen molar-refractivity contribution >= 4 is 70.9 Å². The van der Waals surface area contributed by atoms with Gasteiger partial charge in [-0.1, -0.05) is 48.2 Å². The molecule has 0 aliphatic heterocycles. The summed E-state index contributed by atoms with van der Waals surface area (Å²) in [6, 6.07) is 16.2. The number of aromatic nitrogens is 4. The Bertz CT molecular complexity index is 1630. The van der Waals surface area contributed by atoms with Gasteiger partial charge in [-0.3, -0.25) is 9.20 Å². The lowest BCUT2D eigenvalue weighted by atomic mass is 10.2. The number of benzene rings is 2. The Balaban J connectivity index is 1.41. The number of nitrogens with zero attached hydrogens (tertiary/aromatic N) is 4. The molecule has 0 fully saturated rings. The molecule has 0 bridgehead atoms. The maximum absolute atomic E-state index is 13.0. The number of pyridine rings is 1. The van der Waals surface area contributed by atoms with E-state index >= 15 is 0 Å². The highest BCUT2D eigenvalue weighted by Gasteiger charge is 2.23. The van der Waals surface area contributed by atoms with E-state index in [0.717, 1.165) is 10.9 Å². The SMILES string of the molecule is CCC(Sc1nnc2ccc3ccccc3n12)C(=O)Nc1nc2ccc(S(N)(=O)=O)cc2s1. The molecule has 33 heavy (non-hydrogen) atoms. The molecule has 2 aromatic carbocycles. The van der Waals surface area contributed by atoms with Gasteiger partial charge < -0.3 is 5.32 Å². The van der Waals surface area contributed by atoms with E-state index in [9.17, 15) is 13.2 Å². The van der Waals surface area contributed by atoms with Gasteiger partial charge in [-0.05, 0) is 48.2 Å². The summed E-state index contributed by atoms with van der Waals surface area (Å²) in [6.07, 6.45) is 0.566. The minimum Gasteiger partial charge on any atom is -0.301 e. The lowest BCUT2D eigenvalue weighted by Gasteiger charge is -2.13. The van der Waals surface area contributed by atoms with Crippen molar-refractivity contribution in [3.05, 3.63) is 54.6 Å². The molecule has 3 aromatic heterocycles. The maximum Gasteiger partial charge on any atom is 0.239 e. The van der Waals surface area contributed by atoms with Crippen molar-refractivity contribution in [2.75, 3.05) is 5.32 Å². The van der Waals surface area contributed by atoms with E-state index in [0.29, 0.717) is 32.6 Å². The Labute approximate surface area is 197 Å². The third-order valence-corrected chi connectivity index (χ3v) is 8.23. The predicted octanol–water partition coefficient (Wildman–Crippen LogP) is 3.65. The van der Waals surface area contributed by atoms with E-state index in [4.69, 9.17) is 5.14 Å². The minimum absolute atomic E-state index is 0.00410. The number of carbonyl (C=O) groups excluding carboxylic acids is 1. The van der Waals surface area contributed by atoms with Gasteiger partial charge in [0.1, 0.15) is 0 Å². The molecule has 0 saturated heterocycles. The molecule has 1 amide bonds. The van der Waals surface area contributed by atoms with Crippen molar-refractivity contribution in [3.8, 4) is 0 Å². The van der Waals surface area contributed by atoms with Crippen LogP contribution in [0.5, 0.6) is 0 Å². The van der Waals surface area contributed by atoms with E-state index < -0.39 is 15.3 Å². The van der Waals surface area contributed by atoms with Crippen LogP contribution in [-0.4, -0.2) is 39.2 Å². The van der Waals surface area contributed by atoms with E-state index in [1.165, 1.54) is 35.2 Å². The molecule has 0 saturated carbocycles. The number of amides is 1. The largest absolute Gasteiger partial charge is 0.301 e. The number of thioether (sulfide) groups is 1. The predicted molar refractivity (Wildman–Crippen MR) is 130 cm³/mol. The highest BCUT2D eigenvalue weighted by Crippen LogP contribution is 2.31. The van der Waals surface area contributed by atoms with Crippen LogP contribution in [0.1, 0.15) is 13.3 Å². The molecule has 0 spiro atoms. The number of carbonyl (C=O) groups is 1. The van der Waals surface area contributed by atoms with Gasteiger partial charge in [-0.15, -0.1) is 10.2 Å². The zero-order valence-corrected chi connectivity index (χ0v) is 19.7. The molecule has 0 aliphatic carbocycles. The van der Waals surface area contributed by atoms with E-state index in [2.05, 4.69) is 20.5 Å². The Kier molecular flexibility index (Phi) is 5.52. The molecule has 3 N–H and O–H groups in total. The lowest BCUT2D eigenvalue weighted by Crippen LogP contribution is -2.24. The summed E-state index contributed by atoms with van der Waals surface area (Å²) in [4.78, 5) is 17.4. The third kappa shape index (κ3) is 4.17. The first-order valence-electron chi connectivity index (χ1n) is 9.97. The normalized spacial score (nSPS) is 13.0. The summed E-state index contributed by atoms with van der Waals surface area (Å²) in [6.45, 7) is 1.93. The fourth-order valence-corrected chi connectivity index (χ4v) is 5.95. The van der Waals surface area contributed by atoms with Crippen molar-refractivity contribution in [1.29, 1.82) is 0 Å². The first kappa shape index (κ1) is 21.8. The van der Waals surface area contributed by atoms with Gasteiger partial charge in [-0.2, -0.15) is 0 Å². The van der Waals surface area contributed by atoms with E-state index in [1.807, 2.05) is 47.7 Å². The van der Waals surface area contributed by atoms with Crippen molar-refractivity contribution in [3.63, 3.8) is 0 Å². The molecule has 0 radical (unpaired) electrons. The van der Waals surface area contributed by atoms with E-state index in [-0.39, 0.29) is 10.8 Å². The van der Waals surface area contributed by atoms with Gasteiger partial charge in [0.05, 0.1) is 25.9 Å². The van der Waals surface area contributed by atoms with Gasteiger partial charge in [0.15, 0.2) is 15.9 Å². The zero-order valence-electron chi connectivity index (χ0n) is 17.3. The summed E-state index contributed by atoms with van der Waals surface area (Å²) in [5, 5.41) is 18.2. The molecular formula is C21H18N6O3S3. The number of nitrogens with one attached hydrogen (secondary N) is 1. The van der Waals surface area contributed by atoms with Crippen LogP contribution in [0.4, 0.5) is 5.13 Å². The molecule has 1 unspecified atom stereocenters. The molecule has 0 aliphatic rings. The zero-order chi connectivity index (χ0) is 23.2. The fourth-order valence-electron chi connectivity index (χ4n) is 3.46. The van der Waals surface area contributed by atoms with Crippen LogP contribution in [-0.2, 0) is 14.8 Å². The second kappa shape index (κ2) is 8.37. The second-order valence-electron chi connectivity index (χ2n) is 7.27. The quantitative estimate of drug-likeness (QED) is 0.342. The maximum atomic E-state index is 13.0. The van der Waals surface area contributed by atoms with Gasteiger partial charge in [-0.25, -0.2) is 18.5 Å². The van der Waals surface area contributed by atoms with Gasteiger partial charge in [0, 0.05) is 0 Å². The van der Waals surface area contributed by atoms with Crippen molar-refractivity contribution in [2.45, 2.75) is 28.6 Å². The van der Waals surface area contributed by atoms with Gasteiger partial charge in [0.2, 0.25) is 15.9 Å². The molecule has 9 nitrogen and oxygen atoms in total. The summed E-state index contributed by atoms with van der Waals surface area (Å²) in [5.41, 5.74) is 2.26. The molecule has 168 valence electrons. The number of primary sulfonamides is 1. The molecule has 1 atom stereocenters. The second-order valence-corrected chi connectivity index (χ2v) is 11.0. The van der Waals surface area contributed by atoms with Crippen molar-refractivity contribution in [1.82, 2.24) is 19.6 Å². The smallest absolute Gasteiger partial charge is 0.239 e. The van der Waals surface area contributed by atoms with E-state index in [1.54, 1.807) is 6.07 Å². The summed E-state index contributed by atoms with van der Waals surface area (Å²) in [5.74, 6) is -0.217. The monoisotopic (exact) mass is 498 g/mol. The Morgan fingerprint density at radius 1 is 1.18 bits per heavy atom. The van der Waals surface area contributed by atoms with Crippen LogP contribution in [0.2, 0.25) is 0 Å². The number of rotatable bonds is 6. The number of thiazole rings is 1. The highest BCUT2D eigenvalue weighted by atomic mass is 32.2. The number of hydrogen-bond donors (Lipinski definition) is 2. The number of nitrogens with two attached hydrogens (primary N) is 1. The molecule has 5 rings (SSSR count). The summed E-state index contributed by atoms with van der Waals surface area (Å²) in [7, 11) is -3.82. The average molecular weight is 499 g/mol. The third-order valence-electron chi connectivity index (χ3n) is 5.08. The number of fused-ring (bicyclic) bond motifs is 4. The van der Waals surface area contributed by atoms with Crippen LogP contribution in [0.3, 0.4) is 0 Å². The number of hydrogen-bond acceptors (Lipinski definition) is 8. The number of para-hydroxylation sites is 1. The molecular weight excluding hydrogens is 480 g/mol. The molecule has 3 heterocycles. The van der Waals surface area contributed by atoms with Crippen molar-refractivity contribution < 1.29 is 13.2 Å². The highest BCUT2D eigenvalue weighted by molar-refractivity contribution is 8.00. The number of anilines is 1.